The third-order valence-electron chi connectivity index (χ3n) is 3.53. The molecule has 7 heteroatoms. The molecule has 126 valence electrons. The molecule has 2 aromatic carbocycles. The average molecular weight is 338 g/mol. The van der Waals surface area contributed by atoms with Crippen LogP contribution in [-0.4, -0.2) is 15.9 Å². The predicted octanol–water partition coefficient (Wildman–Crippen LogP) is 3.92. The molecule has 0 saturated carbocycles. The minimum Gasteiger partial charge on any atom is -0.456 e. The molecule has 0 amide bonds. The van der Waals surface area contributed by atoms with Crippen LogP contribution in [0.3, 0.4) is 0 Å². The van der Waals surface area contributed by atoms with Gasteiger partial charge in [0.15, 0.2) is 5.69 Å². The van der Waals surface area contributed by atoms with Gasteiger partial charge in [-0.05, 0) is 36.8 Å². The summed E-state index contributed by atoms with van der Waals surface area (Å²) < 4.78 is 10.7. The average Bonchev–Trinajstić information content (AvgIpc) is 3.02. The standard InChI is InChI=1S/C18H14N2O5/c1-12-16(19-17(25-12)14-5-3-2-4-6-14)18(21)24-11-13-7-9-15(10-8-13)20(22)23/h2-10H,11H2,1H3. The van der Waals surface area contributed by atoms with Crippen LogP contribution in [0.5, 0.6) is 0 Å². The van der Waals surface area contributed by atoms with Crippen LogP contribution in [0, 0.1) is 17.0 Å². The van der Waals surface area contributed by atoms with Crippen LogP contribution in [0.25, 0.3) is 11.5 Å². The Hall–Kier alpha value is -3.48. The molecule has 0 aliphatic carbocycles. The van der Waals surface area contributed by atoms with Crippen molar-refractivity contribution in [3.8, 4) is 11.5 Å². The number of rotatable bonds is 5. The molecule has 0 radical (unpaired) electrons. The lowest BCUT2D eigenvalue weighted by Gasteiger charge is -2.03. The van der Waals surface area contributed by atoms with E-state index in [4.69, 9.17) is 9.15 Å². The summed E-state index contributed by atoms with van der Waals surface area (Å²) in [7, 11) is 0. The van der Waals surface area contributed by atoms with E-state index in [1.165, 1.54) is 24.3 Å². The van der Waals surface area contributed by atoms with Crippen LogP contribution >= 0.6 is 0 Å². The van der Waals surface area contributed by atoms with Crippen molar-refractivity contribution >= 4 is 11.7 Å². The first kappa shape index (κ1) is 16.4. The van der Waals surface area contributed by atoms with Gasteiger partial charge in [-0.3, -0.25) is 10.1 Å². The summed E-state index contributed by atoms with van der Waals surface area (Å²) >= 11 is 0. The number of aryl methyl sites for hydroxylation is 1. The molecule has 0 aliphatic rings. The highest BCUT2D eigenvalue weighted by atomic mass is 16.6. The lowest BCUT2D eigenvalue weighted by atomic mass is 10.2. The SMILES string of the molecule is Cc1oc(-c2ccccc2)nc1C(=O)OCc1ccc([N+](=O)[O-])cc1. The van der Waals surface area contributed by atoms with Crippen LogP contribution < -0.4 is 0 Å². The third kappa shape index (κ3) is 3.72. The number of ether oxygens (including phenoxy) is 1. The predicted molar refractivity (Wildman–Crippen MR) is 88.9 cm³/mol. The van der Waals surface area contributed by atoms with Crippen molar-refractivity contribution in [3.63, 3.8) is 0 Å². The van der Waals surface area contributed by atoms with Gasteiger partial charge in [-0.25, -0.2) is 9.78 Å². The number of nitro groups is 1. The summed E-state index contributed by atoms with van der Waals surface area (Å²) in [4.78, 5) is 26.5. The van der Waals surface area contributed by atoms with E-state index in [0.717, 1.165) is 5.56 Å². The number of benzene rings is 2. The molecular weight excluding hydrogens is 324 g/mol. The zero-order valence-corrected chi connectivity index (χ0v) is 13.3. The number of hydrogen-bond donors (Lipinski definition) is 0. The smallest absolute Gasteiger partial charge is 0.360 e. The number of nitrogens with zero attached hydrogens (tertiary/aromatic N) is 2. The van der Waals surface area contributed by atoms with Crippen molar-refractivity contribution in [2.45, 2.75) is 13.5 Å². The molecule has 3 rings (SSSR count). The monoisotopic (exact) mass is 338 g/mol. The summed E-state index contributed by atoms with van der Waals surface area (Å²) in [5, 5.41) is 10.6. The molecule has 0 spiro atoms. The van der Waals surface area contributed by atoms with Gasteiger partial charge >= 0.3 is 5.97 Å². The van der Waals surface area contributed by atoms with Gasteiger partial charge in [-0.2, -0.15) is 0 Å². The molecule has 1 heterocycles. The highest BCUT2D eigenvalue weighted by Gasteiger charge is 2.19. The van der Waals surface area contributed by atoms with Crippen molar-refractivity contribution in [1.29, 1.82) is 0 Å². The Kier molecular flexibility index (Phi) is 4.56. The van der Waals surface area contributed by atoms with Crippen molar-refractivity contribution < 1.29 is 18.9 Å². The fraction of sp³-hybridized carbons (Fsp3) is 0.111. The fourth-order valence-corrected chi connectivity index (χ4v) is 2.22. The molecule has 0 N–H and O–H groups in total. The quantitative estimate of drug-likeness (QED) is 0.397. The lowest BCUT2D eigenvalue weighted by Crippen LogP contribution is -2.07. The number of carbonyl (C=O) groups excluding carboxylic acids is 1. The molecule has 3 aromatic rings. The molecule has 0 saturated heterocycles. The topological polar surface area (TPSA) is 95.5 Å². The second kappa shape index (κ2) is 6.96. The second-order valence-electron chi connectivity index (χ2n) is 5.29. The van der Waals surface area contributed by atoms with E-state index in [2.05, 4.69) is 4.98 Å². The van der Waals surface area contributed by atoms with Crippen molar-refractivity contribution in [2.75, 3.05) is 0 Å². The Bertz CT molecular complexity index is 901. The van der Waals surface area contributed by atoms with E-state index in [-0.39, 0.29) is 18.0 Å². The number of aromatic nitrogens is 1. The normalized spacial score (nSPS) is 10.4. The molecular formula is C18H14N2O5. The van der Waals surface area contributed by atoms with Crippen LogP contribution in [-0.2, 0) is 11.3 Å². The Labute approximate surface area is 143 Å². The summed E-state index contributed by atoms with van der Waals surface area (Å²) in [5.74, 6) is 0.106. The molecule has 7 nitrogen and oxygen atoms in total. The molecule has 0 aliphatic heterocycles. The largest absolute Gasteiger partial charge is 0.456 e. The lowest BCUT2D eigenvalue weighted by molar-refractivity contribution is -0.384. The maximum atomic E-state index is 12.2. The van der Waals surface area contributed by atoms with Gasteiger partial charge in [0, 0.05) is 17.7 Å². The Morgan fingerprint density at radius 1 is 1.16 bits per heavy atom. The molecule has 0 atom stereocenters. The summed E-state index contributed by atoms with van der Waals surface area (Å²) in [6.07, 6.45) is 0. The molecule has 0 unspecified atom stereocenters. The van der Waals surface area contributed by atoms with Crippen molar-refractivity contribution in [1.82, 2.24) is 4.98 Å². The molecule has 0 bridgehead atoms. The minimum absolute atomic E-state index is 0.0101. The van der Waals surface area contributed by atoms with Crippen LogP contribution in [0.2, 0.25) is 0 Å². The maximum absolute atomic E-state index is 12.2. The first-order valence-corrected chi connectivity index (χ1v) is 7.48. The number of non-ortho nitro benzene ring substituents is 1. The number of nitro benzene ring substituents is 1. The highest BCUT2D eigenvalue weighted by Crippen LogP contribution is 2.22. The minimum atomic E-state index is -0.609. The van der Waals surface area contributed by atoms with Crippen LogP contribution in [0.4, 0.5) is 5.69 Å². The van der Waals surface area contributed by atoms with E-state index in [0.29, 0.717) is 17.2 Å². The van der Waals surface area contributed by atoms with Crippen LogP contribution in [0.1, 0.15) is 21.8 Å². The van der Waals surface area contributed by atoms with E-state index in [1.54, 1.807) is 6.92 Å². The number of hydrogen-bond acceptors (Lipinski definition) is 6. The molecule has 1 aromatic heterocycles. The van der Waals surface area contributed by atoms with Gasteiger partial charge < -0.3 is 9.15 Å². The van der Waals surface area contributed by atoms with E-state index >= 15 is 0 Å². The van der Waals surface area contributed by atoms with Crippen LogP contribution in [0.15, 0.2) is 59.0 Å². The summed E-state index contributed by atoms with van der Waals surface area (Å²) in [6, 6.07) is 15.0. The number of esters is 1. The number of carbonyl (C=O) groups is 1. The molecule has 25 heavy (non-hydrogen) atoms. The molecule has 0 fully saturated rings. The Morgan fingerprint density at radius 2 is 1.84 bits per heavy atom. The number of oxazole rings is 1. The zero-order valence-electron chi connectivity index (χ0n) is 13.3. The van der Waals surface area contributed by atoms with E-state index in [1.807, 2.05) is 30.3 Å². The first-order valence-electron chi connectivity index (χ1n) is 7.48. The van der Waals surface area contributed by atoms with Crippen molar-refractivity contribution in [2.24, 2.45) is 0 Å². The Morgan fingerprint density at radius 3 is 2.48 bits per heavy atom. The van der Waals surface area contributed by atoms with Gasteiger partial charge in [0.05, 0.1) is 4.92 Å². The summed E-state index contributed by atoms with van der Waals surface area (Å²) in [5.41, 5.74) is 1.50. The van der Waals surface area contributed by atoms with Crippen molar-refractivity contribution in [3.05, 3.63) is 81.7 Å². The highest BCUT2D eigenvalue weighted by molar-refractivity contribution is 5.88. The second-order valence-corrected chi connectivity index (χ2v) is 5.29. The zero-order chi connectivity index (χ0) is 17.8. The van der Waals surface area contributed by atoms with E-state index in [9.17, 15) is 14.9 Å². The first-order chi connectivity index (χ1) is 12.0. The van der Waals surface area contributed by atoms with Gasteiger partial charge in [-0.1, -0.05) is 18.2 Å². The van der Waals surface area contributed by atoms with Gasteiger partial charge in [0.1, 0.15) is 12.4 Å². The summed E-state index contributed by atoms with van der Waals surface area (Å²) in [6.45, 7) is 1.63. The fourth-order valence-electron chi connectivity index (χ4n) is 2.22. The van der Waals surface area contributed by atoms with Gasteiger partial charge in [-0.15, -0.1) is 0 Å². The van der Waals surface area contributed by atoms with E-state index < -0.39 is 10.9 Å². The van der Waals surface area contributed by atoms with Gasteiger partial charge in [0.25, 0.3) is 5.69 Å². The Balaban J connectivity index is 1.69. The third-order valence-corrected chi connectivity index (χ3v) is 3.53. The maximum Gasteiger partial charge on any atom is 0.360 e. The van der Waals surface area contributed by atoms with Gasteiger partial charge in [0.2, 0.25) is 5.89 Å².